The van der Waals surface area contributed by atoms with Crippen molar-refractivity contribution in [2.75, 3.05) is 6.26 Å². The van der Waals surface area contributed by atoms with Gasteiger partial charge in [0.15, 0.2) is 9.84 Å². The van der Waals surface area contributed by atoms with Crippen LogP contribution in [0.2, 0.25) is 0 Å². The van der Waals surface area contributed by atoms with Crippen molar-refractivity contribution in [3.05, 3.63) is 23.3 Å². The van der Waals surface area contributed by atoms with Gasteiger partial charge in [-0.05, 0) is 92.4 Å². The van der Waals surface area contributed by atoms with Gasteiger partial charge in [0.25, 0.3) is 0 Å². The number of rotatable bonds is 5. The van der Waals surface area contributed by atoms with Crippen molar-refractivity contribution in [1.82, 2.24) is 20.6 Å². The summed E-state index contributed by atoms with van der Waals surface area (Å²) in [6.07, 6.45) is 5.13. The number of aromatic amines is 1. The highest BCUT2D eigenvalue weighted by Crippen LogP contribution is 2.46. The molecule has 0 amide bonds. The summed E-state index contributed by atoms with van der Waals surface area (Å²) in [7, 11) is -4.22. The van der Waals surface area contributed by atoms with Gasteiger partial charge in [-0.15, -0.1) is 10.2 Å². The van der Waals surface area contributed by atoms with E-state index < -0.39 is 26.5 Å². The summed E-state index contributed by atoms with van der Waals surface area (Å²) >= 11 is 0. The summed E-state index contributed by atoms with van der Waals surface area (Å²) in [5, 5.41) is 13.4. The van der Waals surface area contributed by atoms with Crippen LogP contribution in [0.15, 0.2) is 17.0 Å². The lowest BCUT2D eigenvalue weighted by Crippen LogP contribution is -2.28. The molecule has 0 atom stereocenters. The van der Waals surface area contributed by atoms with E-state index in [0.717, 1.165) is 50.8 Å². The first-order valence-corrected chi connectivity index (χ1v) is 13.4. The Morgan fingerprint density at radius 1 is 1.03 bits per heavy atom. The maximum Gasteiger partial charge on any atom is 0.417 e. The second-order valence-corrected chi connectivity index (χ2v) is 11.6. The predicted octanol–water partition coefficient (Wildman–Crippen LogP) is 4.47. The van der Waals surface area contributed by atoms with E-state index in [4.69, 9.17) is 5.73 Å². The van der Waals surface area contributed by atoms with Crippen LogP contribution in [-0.4, -0.2) is 41.3 Å². The van der Waals surface area contributed by atoms with Gasteiger partial charge in [-0.25, -0.2) is 8.42 Å². The minimum atomic E-state index is -4.82. The molecule has 11 heteroatoms. The fourth-order valence-electron chi connectivity index (χ4n) is 5.65. The summed E-state index contributed by atoms with van der Waals surface area (Å²) in [5.41, 5.74) is 5.29. The van der Waals surface area contributed by atoms with Crippen LogP contribution in [0.4, 0.5) is 13.2 Å². The molecule has 2 fully saturated rings. The van der Waals surface area contributed by atoms with Crippen LogP contribution in [-0.2, 0) is 16.0 Å². The topological polar surface area (TPSA) is 115 Å². The Bertz CT molecular complexity index is 1060. The Hall–Kier alpha value is -2.01. The third-order valence-electron chi connectivity index (χ3n) is 7.28. The minimum Gasteiger partial charge on any atom is -0.328 e. The predicted molar refractivity (Wildman–Crippen MR) is 117 cm³/mol. The number of benzene rings is 1. The fourth-order valence-corrected chi connectivity index (χ4v) is 6.81. The smallest absolute Gasteiger partial charge is 0.328 e. The molecule has 0 radical (unpaired) electrons. The molecular formula is C22H30F3N5O2S. The van der Waals surface area contributed by atoms with Gasteiger partial charge in [-0.1, -0.05) is 6.07 Å². The van der Waals surface area contributed by atoms with Crippen LogP contribution < -0.4 is 5.73 Å². The van der Waals surface area contributed by atoms with Crippen molar-refractivity contribution in [3.63, 3.8) is 0 Å². The Balaban J connectivity index is 1.62. The number of halogens is 3. The zero-order valence-corrected chi connectivity index (χ0v) is 19.4. The van der Waals surface area contributed by atoms with Gasteiger partial charge in [0.2, 0.25) is 5.82 Å². The van der Waals surface area contributed by atoms with Crippen LogP contribution in [0.1, 0.15) is 74.8 Å². The third-order valence-corrected chi connectivity index (χ3v) is 8.45. The zero-order chi connectivity index (χ0) is 23.8. The molecular weight excluding hydrogens is 455 g/mol. The van der Waals surface area contributed by atoms with Crippen LogP contribution in [0.3, 0.4) is 0 Å². The van der Waals surface area contributed by atoms with Crippen molar-refractivity contribution in [1.29, 1.82) is 0 Å². The summed E-state index contributed by atoms with van der Waals surface area (Å²) in [6, 6.07) is 2.60. The van der Waals surface area contributed by atoms with Gasteiger partial charge in [-0.2, -0.15) is 18.4 Å². The van der Waals surface area contributed by atoms with Crippen LogP contribution in [0.5, 0.6) is 0 Å². The average Bonchev–Trinajstić information content (AvgIpc) is 3.28. The Labute approximate surface area is 191 Å². The Kier molecular flexibility index (Phi) is 6.82. The second-order valence-electron chi connectivity index (χ2n) is 9.65. The van der Waals surface area contributed by atoms with Crippen molar-refractivity contribution in [2.45, 2.75) is 80.8 Å². The van der Waals surface area contributed by atoms with Gasteiger partial charge in [0.05, 0.1) is 10.5 Å². The molecule has 0 aliphatic heterocycles. The lowest BCUT2D eigenvalue weighted by Gasteiger charge is -2.34. The van der Waals surface area contributed by atoms with Crippen LogP contribution in [0.25, 0.3) is 11.4 Å². The number of aromatic nitrogens is 4. The number of hydrogen-bond acceptors (Lipinski definition) is 6. The van der Waals surface area contributed by atoms with Gasteiger partial charge in [0, 0.05) is 17.9 Å². The molecule has 1 aromatic heterocycles. The molecule has 0 spiro atoms. The van der Waals surface area contributed by atoms with Gasteiger partial charge >= 0.3 is 6.18 Å². The van der Waals surface area contributed by atoms with Gasteiger partial charge in [-0.3, -0.25) is 0 Å². The number of H-pyrrole nitrogens is 1. The van der Waals surface area contributed by atoms with E-state index in [0.29, 0.717) is 23.4 Å². The quantitative estimate of drug-likeness (QED) is 0.646. The number of nitrogens with one attached hydrogen (secondary N) is 1. The van der Waals surface area contributed by atoms with Crippen molar-refractivity contribution in [3.8, 4) is 11.4 Å². The normalized spacial score (nSPS) is 26.9. The molecule has 1 heterocycles. The summed E-state index contributed by atoms with van der Waals surface area (Å²) in [4.78, 5) is -0.769. The number of hydrogen-bond donors (Lipinski definition) is 2. The standard InChI is InChI=1S/C22H30F3N5O2S/c1-33(31,32)20-18(22(23,24)25)11-10-17(19(20)21-27-29-30-28-21)15-6-2-13(3-7-15)12-14-4-8-16(26)9-5-14/h10-11,13-16H,2-9,12,26H2,1H3,(H,27,28,29,30). The Morgan fingerprint density at radius 2 is 1.64 bits per heavy atom. The van der Waals surface area contributed by atoms with E-state index in [9.17, 15) is 21.6 Å². The fraction of sp³-hybridized carbons (Fsp3) is 0.682. The second kappa shape index (κ2) is 9.32. The van der Waals surface area contributed by atoms with Crippen LogP contribution >= 0.6 is 0 Å². The molecule has 2 saturated carbocycles. The monoisotopic (exact) mass is 485 g/mol. The molecule has 33 heavy (non-hydrogen) atoms. The molecule has 2 aliphatic carbocycles. The molecule has 2 aromatic rings. The van der Waals surface area contributed by atoms with Gasteiger partial charge < -0.3 is 5.73 Å². The largest absolute Gasteiger partial charge is 0.417 e. The number of nitrogens with zero attached hydrogens (tertiary/aromatic N) is 3. The van der Waals surface area contributed by atoms with E-state index in [1.807, 2.05) is 0 Å². The van der Waals surface area contributed by atoms with E-state index in [2.05, 4.69) is 20.6 Å². The van der Waals surface area contributed by atoms with Crippen molar-refractivity contribution in [2.24, 2.45) is 17.6 Å². The lowest BCUT2D eigenvalue weighted by atomic mass is 9.72. The van der Waals surface area contributed by atoms with Crippen LogP contribution in [0, 0.1) is 11.8 Å². The molecule has 0 unspecified atom stereocenters. The van der Waals surface area contributed by atoms with E-state index >= 15 is 0 Å². The molecule has 3 N–H and O–H groups in total. The SMILES string of the molecule is CS(=O)(=O)c1c(C(F)(F)F)ccc(C2CCC(CC3CCC(N)CC3)CC2)c1-c1nn[nH]n1. The first-order valence-electron chi connectivity index (χ1n) is 11.5. The average molecular weight is 486 g/mol. The first-order chi connectivity index (χ1) is 15.5. The Morgan fingerprint density at radius 3 is 2.15 bits per heavy atom. The number of nitrogens with two attached hydrogens (primary N) is 1. The highest BCUT2D eigenvalue weighted by Gasteiger charge is 2.40. The zero-order valence-electron chi connectivity index (χ0n) is 18.6. The number of sulfone groups is 1. The van der Waals surface area contributed by atoms with E-state index in [1.165, 1.54) is 25.3 Å². The molecule has 4 rings (SSSR count). The van der Waals surface area contributed by atoms with Gasteiger partial charge in [0.1, 0.15) is 0 Å². The van der Waals surface area contributed by atoms with E-state index in [-0.39, 0.29) is 17.3 Å². The summed E-state index contributed by atoms with van der Waals surface area (Å²) in [6.45, 7) is 0. The third kappa shape index (κ3) is 5.40. The molecule has 7 nitrogen and oxygen atoms in total. The maximum absolute atomic E-state index is 13.7. The number of alkyl halides is 3. The first kappa shape index (κ1) is 24.1. The lowest BCUT2D eigenvalue weighted by molar-refractivity contribution is -0.139. The van der Waals surface area contributed by atoms with Crippen molar-refractivity contribution < 1.29 is 21.6 Å². The molecule has 182 valence electrons. The number of tetrazole rings is 1. The minimum absolute atomic E-state index is 0.0580. The highest BCUT2D eigenvalue weighted by molar-refractivity contribution is 7.91. The summed E-state index contributed by atoms with van der Waals surface area (Å²) < 4.78 is 66.3. The highest BCUT2D eigenvalue weighted by atomic mass is 32.2. The van der Waals surface area contributed by atoms with Crippen molar-refractivity contribution >= 4 is 9.84 Å². The molecule has 0 saturated heterocycles. The maximum atomic E-state index is 13.7. The molecule has 2 aliphatic rings. The molecule has 0 bridgehead atoms. The summed E-state index contributed by atoms with van der Waals surface area (Å²) in [5.74, 6) is 1.09. The molecule has 1 aromatic carbocycles. The van der Waals surface area contributed by atoms with E-state index in [1.54, 1.807) is 0 Å².